The van der Waals surface area contributed by atoms with E-state index in [9.17, 15) is 40.2 Å². The molecule has 11 heteroatoms. The third kappa shape index (κ3) is 3.36. The maximum absolute atomic E-state index is 12.6. The van der Waals surface area contributed by atoms with Crippen molar-refractivity contribution in [2.75, 3.05) is 19.6 Å². The van der Waals surface area contributed by atoms with Crippen molar-refractivity contribution < 1.29 is 45.0 Å². The number of amides is 2. The van der Waals surface area contributed by atoms with Crippen molar-refractivity contribution in [3.8, 4) is 0 Å². The van der Waals surface area contributed by atoms with Gasteiger partial charge in [-0.3, -0.25) is 4.79 Å². The third-order valence-electron chi connectivity index (χ3n) is 6.28. The Morgan fingerprint density at radius 1 is 1.00 bits per heavy atom. The number of aliphatic hydroxyl groups is 6. The summed E-state index contributed by atoms with van der Waals surface area (Å²) in [6.07, 6.45) is -11.2. The van der Waals surface area contributed by atoms with Crippen LogP contribution in [0.1, 0.15) is 26.2 Å². The molecule has 3 fully saturated rings. The summed E-state index contributed by atoms with van der Waals surface area (Å²) in [5.41, 5.74) is -0.716. The van der Waals surface area contributed by atoms with Crippen LogP contribution < -0.4 is 0 Å². The largest absolute Gasteiger partial charge is 0.440 e. The van der Waals surface area contributed by atoms with E-state index in [0.29, 0.717) is 25.8 Å². The molecule has 11 nitrogen and oxygen atoms in total. The highest BCUT2D eigenvalue weighted by molar-refractivity contribution is 5.85. The lowest BCUT2D eigenvalue weighted by Gasteiger charge is -2.42. The van der Waals surface area contributed by atoms with Crippen molar-refractivity contribution in [2.24, 2.45) is 5.41 Å². The van der Waals surface area contributed by atoms with Crippen LogP contribution >= 0.6 is 0 Å². The van der Waals surface area contributed by atoms with E-state index in [1.807, 2.05) is 0 Å². The summed E-state index contributed by atoms with van der Waals surface area (Å²) in [5.74, 6) is -0.131. The summed E-state index contributed by atoms with van der Waals surface area (Å²) in [6, 6.07) is 0. The van der Waals surface area contributed by atoms with Gasteiger partial charge in [-0.1, -0.05) is 0 Å². The molecule has 2 heterocycles. The Kier molecular flexibility index (Phi) is 5.86. The van der Waals surface area contributed by atoms with Crippen LogP contribution in [-0.4, -0.2) is 115 Å². The lowest BCUT2D eigenvalue weighted by molar-refractivity contribution is -0.224. The van der Waals surface area contributed by atoms with Crippen LogP contribution in [0.2, 0.25) is 0 Å². The summed E-state index contributed by atoms with van der Waals surface area (Å²) in [4.78, 5) is 27.7. The Hall–Kier alpha value is -1.50. The predicted octanol–water partition coefficient (Wildman–Crippen LogP) is -3.04. The Morgan fingerprint density at radius 2 is 1.50 bits per heavy atom. The second-order valence-electron chi connectivity index (χ2n) is 7.84. The molecule has 2 amide bonds. The van der Waals surface area contributed by atoms with Gasteiger partial charge < -0.3 is 45.2 Å². The van der Waals surface area contributed by atoms with E-state index in [1.165, 1.54) is 9.80 Å². The van der Waals surface area contributed by atoms with E-state index >= 15 is 0 Å². The summed E-state index contributed by atoms with van der Waals surface area (Å²) in [5, 5.41) is 59.0. The van der Waals surface area contributed by atoms with Gasteiger partial charge >= 0.3 is 6.09 Å². The quantitative estimate of drug-likeness (QED) is 0.280. The van der Waals surface area contributed by atoms with Crippen LogP contribution in [0, 0.1) is 5.41 Å². The van der Waals surface area contributed by atoms with E-state index in [-0.39, 0.29) is 19.0 Å². The SMILES string of the molecule is CCN1C(=O)C2(CCN(C(=O)OC3C(O)C(O)C(O)C(O)C3O)CC2)CC1O. The van der Waals surface area contributed by atoms with Gasteiger partial charge in [0.15, 0.2) is 6.10 Å². The first kappa shape index (κ1) is 21.2. The van der Waals surface area contributed by atoms with Crippen LogP contribution in [0.4, 0.5) is 4.79 Å². The molecule has 0 aromatic heterocycles. The summed E-state index contributed by atoms with van der Waals surface area (Å²) in [6.45, 7) is 2.55. The summed E-state index contributed by atoms with van der Waals surface area (Å²) < 4.78 is 5.10. The van der Waals surface area contributed by atoms with Crippen LogP contribution in [-0.2, 0) is 9.53 Å². The van der Waals surface area contributed by atoms with E-state index < -0.39 is 54.4 Å². The first-order valence-electron chi connectivity index (χ1n) is 9.48. The van der Waals surface area contributed by atoms with E-state index in [1.54, 1.807) is 6.92 Å². The van der Waals surface area contributed by atoms with Gasteiger partial charge in [0.25, 0.3) is 0 Å². The van der Waals surface area contributed by atoms with Crippen LogP contribution in [0.25, 0.3) is 0 Å². The summed E-state index contributed by atoms with van der Waals surface area (Å²) >= 11 is 0. The minimum absolute atomic E-state index is 0.131. The van der Waals surface area contributed by atoms with Crippen molar-refractivity contribution in [3.63, 3.8) is 0 Å². The van der Waals surface area contributed by atoms with E-state index in [0.717, 1.165) is 0 Å². The number of hydrogen-bond acceptors (Lipinski definition) is 9. The lowest BCUT2D eigenvalue weighted by Crippen LogP contribution is -2.65. The van der Waals surface area contributed by atoms with Crippen molar-refractivity contribution in [3.05, 3.63) is 0 Å². The first-order chi connectivity index (χ1) is 13.1. The number of hydrogen-bond donors (Lipinski definition) is 6. The van der Waals surface area contributed by atoms with E-state index in [2.05, 4.69) is 0 Å². The molecule has 1 aliphatic carbocycles. The Morgan fingerprint density at radius 3 is 1.96 bits per heavy atom. The van der Waals surface area contributed by atoms with Crippen molar-refractivity contribution in [1.82, 2.24) is 9.80 Å². The van der Waals surface area contributed by atoms with Crippen LogP contribution in [0.5, 0.6) is 0 Å². The third-order valence-corrected chi connectivity index (χ3v) is 6.28. The monoisotopic (exact) mass is 404 g/mol. The fourth-order valence-electron chi connectivity index (χ4n) is 4.40. The predicted molar refractivity (Wildman–Crippen MR) is 91.6 cm³/mol. The number of rotatable bonds is 2. The molecule has 2 saturated heterocycles. The Balaban J connectivity index is 1.61. The number of aliphatic hydroxyl groups excluding tert-OH is 6. The number of carbonyl (C=O) groups is 2. The average molecular weight is 404 g/mol. The van der Waals surface area contributed by atoms with Crippen molar-refractivity contribution >= 4 is 12.0 Å². The molecule has 5 unspecified atom stereocenters. The molecule has 1 spiro atoms. The number of ether oxygens (including phenoxy) is 1. The Bertz CT molecular complexity index is 593. The molecule has 0 bridgehead atoms. The van der Waals surface area contributed by atoms with Crippen LogP contribution in [0.3, 0.4) is 0 Å². The molecule has 160 valence electrons. The number of carbonyl (C=O) groups excluding carboxylic acids is 2. The molecule has 0 aromatic carbocycles. The van der Waals surface area contributed by atoms with Gasteiger partial charge in [0.1, 0.15) is 36.7 Å². The molecule has 1 saturated carbocycles. The highest BCUT2D eigenvalue weighted by atomic mass is 16.6. The van der Waals surface area contributed by atoms with Gasteiger partial charge in [-0.05, 0) is 19.8 Å². The minimum atomic E-state index is -1.78. The molecule has 0 radical (unpaired) electrons. The Labute approximate surface area is 161 Å². The van der Waals surface area contributed by atoms with Gasteiger partial charge in [-0.2, -0.15) is 0 Å². The minimum Gasteiger partial charge on any atom is -0.440 e. The highest BCUT2D eigenvalue weighted by Crippen LogP contribution is 2.43. The molecular formula is C17H28N2O9. The smallest absolute Gasteiger partial charge is 0.410 e. The van der Waals surface area contributed by atoms with Crippen LogP contribution in [0.15, 0.2) is 0 Å². The van der Waals surface area contributed by atoms with Crippen molar-refractivity contribution in [2.45, 2.75) is 69.0 Å². The van der Waals surface area contributed by atoms with Gasteiger partial charge in [-0.25, -0.2) is 4.79 Å². The van der Waals surface area contributed by atoms with Crippen molar-refractivity contribution in [1.29, 1.82) is 0 Å². The lowest BCUT2D eigenvalue weighted by atomic mass is 9.77. The molecule has 28 heavy (non-hydrogen) atoms. The fraction of sp³-hybridized carbons (Fsp3) is 0.882. The molecule has 3 rings (SSSR count). The van der Waals surface area contributed by atoms with Gasteiger partial charge in [0.2, 0.25) is 5.91 Å². The molecule has 6 N–H and O–H groups in total. The number of likely N-dealkylation sites (tertiary alicyclic amines) is 2. The van der Waals surface area contributed by atoms with Gasteiger partial charge in [-0.15, -0.1) is 0 Å². The topological polar surface area (TPSA) is 171 Å². The number of nitrogens with zero attached hydrogens (tertiary/aromatic N) is 2. The first-order valence-corrected chi connectivity index (χ1v) is 9.48. The maximum atomic E-state index is 12.6. The zero-order valence-electron chi connectivity index (χ0n) is 15.6. The highest BCUT2D eigenvalue weighted by Gasteiger charge is 2.53. The fourth-order valence-corrected chi connectivity index (χ4v) is 4.40. The second kappa shape index (κ2) is 7.73. The molecule has 2 aliphatic heterocycles. The molecule has 0 aromatic rings. The zero-order chi connectivity index (χ0) is 20.8. The standard InChI is InChI=1S/C17H28N2O9/c1-2-19-8(20)7-17(15(19)26)3-5-18(6-4-17)16(27)28-14-12(24)10(22)9(21)11(23)13(14)25/h8-14,20-25H,2-7H2,1H3. The molecular weight excluding hydrogens is 376 g/mol. The van der Waals surface area contributed by atoms with E-state index in [4.69, 9.17) is 4.74 Å². The maximum Gasteiger partial charge on any atom is 0.410 e. The second-order valence-corrected chi connectivity index (χ2v) is 7.84. The number of piperidine rings is 1. The zero-order valence-corrected chi connectivity index (χ0v) is 15.6. The molecule has 5 atom stereocenters. The average Bonchev–Trinajstić information content (AvgIpc) is 2.91. The van der Waals surface area contributed by atoms with Gasteiger partial charge in [0.05, 0.1) is 5.41 Å². The summed E-state index contributed by atoms with van der Waals surface area (Å²) in [7, 11) is 0. The molecule has 3 aliphatic rings. The normalized spacial score (nSPS) is 40.8. The van der Waals surface area contributed by atoms with Gasteiger partial charge in [0, 0.05) is 26.1 Å².